The lowest BCUT2D eigenvalue weighted by atomic mass is 9.98. The molecule has 0 aliphatic heterocycles. The van der Waals surface area contributed by atoms with E-state index in [0.29, 0.717) is 86.7 Å². The number of amides is 1. The van der Waals surface area contributed by atoms with Crippen LogP contribution in [0.4, 0.5) is 11.6 Å². The Kier molecular flexibility index (Phi) is 14.2. The van der Waals surface area contributed by atoms with Crippen molar-refractivity contribution < 1.29 is 37.9 Å². The van der Waals surface area contributed by atoms with Crippen LogP contribution >= 0.6 is 11.8 Å². The SMILES string of the molecule is CCn1nc(C2CC2)cc1Nc1nc(C(=O)NCCOCCOCCOCCCc2cccc(SC3CCC(=O)CC3=O)c2)nc2[nH]c3cc(-c4c(C)noc4C)c(OC)cc3c12. The molecule has 332 valence electrons. The summed E-state index contributed by atoms with van der Waals surface area (Å²) in [5.74, 6) is 2.68. The number of H-pyrrole nitrogens is 1. The van der Waals surface area contributed by atoms with Gasteiger partial charge in [-0.05, 0) is 82.7 Å². The number of Topliss-reactive ketones (excluding diaryl/α,β-unsaturated/α-hetero) is 2. The van der Waals surface area contributed by atoms with Crippen molar-refractivity contribution in [1.82, 2.24) is 35.2 Å². The number of aromatic amines is 1. The Morgan fingerprint density at radius 2 is 1.78 bits per heavy atom. The second kappa shape index (κ2) is 20.3. The molecule has 4 heterocycles. The highest BCUT2D eigenvalue weighted by Gasteiger charge is 2.29. The highest BCUT2D eigenvalue weighted by Crippen LogP contribution is 2.43. The first-order valence-electron chi connectivity index (χ1n) is 21.7. The molecule has 6 aromatic rings. The Hall–Kier alpha value is -5.62. The number of nitrogens with zero attached hydrogens (tertiary/aromatic N) is 5. The van der Waals surface area contributed by atoms with Crippen LogP contribution in [-0.2, 0) is 36.8 Å². The third kappa shape index (κ3) is 10.6. The van der Waals surface area contributed by atoms with Crippen molar-refractivity contribution in [2.24, 2.45) is 0 Å². The molecule has 1 atom stereocenters. The van der Waals surface area contributed by atoms with Gasteiger partial charge in [0.05, 0.1) is 74.2 Å². The van der Waals surface area contributed by atoms with E-state index in [4.69, 9.17) is 38.5 Å². The van der Waals surface area contributed by atoms with Crippen LogP contribution in [0.1, 0.15) is 84.7 Å². The number of hydrogen-bond acceptors (Lipinski definition) is 14. The summed E-state index contributed by atoms with van der Waals surface area (Å²) in [5.41, 5.74) is 5.94. The summed E-state index contributed by atoms with van der Waals surface area (Å²) >= 11 is 1.56. The molecule has 2 fully saturated rings. The molecule has 63 heavy (non-hydrogen) atoms. The number of rotatable bonds is 22. The number of carbonyl (C=O) groups excluding carboxylic acids is 3. The first kappa shape index (κ1) is 44.0. The Bertz CT molecular complexity index is 2580. The zero-order chi connectivity index (χ0) is 43.9. The number of fused-ring (bicyclic) bond motifs is 3. The van der Waals surface area contributed by atoms with E-state index < -0.39 is 5.91 Å². The normalized spacial score (nSPS) is 15.5. The van der Waals surface area contributed by atoms with E-state index in [0.717, 1.165) is 69.8 Å². The van der Waals surface area contributed by atoms with Crippen LogP contribution < -0.4 is 15.4 Å². The summed E-state index contributed by atoms with van der Waals surface area (Å²) in [6, 6.07) is 14.2. The third-order valence-electron chi connectivity index (χ3n) is 11.2. The van der Waals surface area contributed by atoms with Crippen LogP contribution in [0.2, 0.25) is 0 Å². The van der Waals surface area contributed by atoms with Gasteiger partial charge in [0.1, 0.15) is 34.6 Å². The van der Waals surface area contributed by atoms with E-state index >= 15 is 0 Å². The quantitative estimate of drug-likeness (QED) is 0.0450. The first-order chi connectivity index (χ1) is 30.7. The van der Waals surface area contributed by atoms with Crippen LogP contribution in [0.3, 0.4) is 0 Å². The van der Waals surface area contributed by atoms with Gasteiger partial charge in [-0.1, -0.05) is 17.3 Å². The first-order valence-corrected chi connectivity index (χ1v) is 22.6. The highest BCUT2D eigenvalue weighted by atomic mass is 32.2. The van der Waals surface area contributed by atoms with E-state index in [1.54, 1.807) is 18.9 Å². The van der Waals surface area contributed by atoms with Crippen molar-refractivity contribution in [3.8, 4) is 16.9 Å². The van der Waals surface area contributed by atoms with Crippen LogP contribution in [0, 0.1) is 13.8 Å². The average molecular weight is 879 g/mol. The smallest absolute Gasteiger partial charge is 0.289 e. The number of ketones is 2. The van der Waals surface area contributed by atoms with E-state index in [-0.39, 0.29) is 42.2 Å². The molecule has 2 aromatic carbocycles. The van der Waals surface area contributed by atoms with Gasteiger partial charge in [-0.3, -0.25) is 14.4 Å². The predicted molar refractivity (Wildman–Crippen MR) is 239 cm³/mol. The van der Waals surface area contributed by atoms with E-state index in [2.05, 4.69) is 39.0 Å². The average Bonchev–Trinajstić information content (AvgIpc) is 3.83. The van der Waals surface area contributed by atoms with Gasteiger partial charge in [0.15, 0.2) is 5.78 Å². The summed E-state index contributed by atoms with van der Waals surface area (Å²) < 4.78 is 30.4. The maximum Gasteiger partial charge on any atom is 0.289 e. The van der Waals surface area contributed by atoms with Gasteiger partial charge >= 0.3 is 0 Å². The Balaban J connectivity index is 0.810. The lowest BCUT2D eigenvalue weighted by molar-refractivity contribution is -0.129. The van der Waals surface area contributed by atoms with Gasteiger partial charge < -0.3 is 39.1 Å². The molecule has 2 saturated carbocycles. The topological polar surface area (TPSA) is 198 Å². The number of methoxy groups -OCH3 is 1. The second-order valence-corrected chi connectivity index (χ2v) is 17.2. The molecular weight excluding hydrogens is 825 g/mol. The Morgan fingerprint density at radius 1 is 0.984 bits per heavy atom. The van der Waals surface area contributed by atoms with Gasteiger partial charge in [-0.15, -0.1) is 11.8 Å². The Morgan fingerprint density at radius 3 is 2.51 bits per heavy atom. The number of thioether (sulfide) groups is 1. The minimum absolute atomic E-state index is 0.00214. The second-order valence-electron chi connectivity index (χ2n) is 15.9. The van der Waals surface area contributed by atoms with Crippen molar-refractivity contribution in [3.63, 3.8) is 0 Å². The maximum absolute atomic E-state index is 13.5. The molecule has 17 heteroatoms. The van der Waals surface area contributed by atoms with Crippen LogP contribution in [0.25, 0.3) is 33.1 Å². The number of hydrogen-bond donors (Lipinski definition) is 3. The van der Waals surface area contributed by atoms with E-state index in [1.165, 1.54) is 5.56 Å². The largest absolute Gasteiger partial charge is 0.496 e. The summed E-state index contributed by atoms with van der Waals surface area (Å²) in [5, 5.41) is 16.8. The van der Waals surface area contributed by atoms with Crippen LogP contribution in [0.5, 0.6) is 5.75 Å². The number of nitrogens with one attached hydrogen (secondary N) is 3. The van der Waals surface area contributed by atoms with Crippen LogP contribution in [0.15, 0.2) is 51.9 Å². The molecule has 2 aliphatic rings. The van der Waals surface area contributed by atoms with Gasteiger partial charge in [-0.2, -0.15) is 5.10 Å². The fourth-order valence-corrected chi connectivity index (χ4v) is 9.03. The standard InChI is InChI=1S/C46H54N8O8S/c1-5-54-40(26-35(52-54)30-11-12-30)49-44-42-33-25-38(58-4)34(41-27(2)53-62-28(41)3)24-36(33)48-43(42)50-45(51-44)46(57)47-15-17-60-19-21-61-20-18-59-16-7-9-29-8-6-10-32(22-29)63-39-14-13-31(55)23-37(39)56/h6,8,10,22,24-26,30,39H,5,7,9,11-21,23H2,1-4H3,(H,47,57)(H2,48,49,50,51). The van der Waals surface area contributed by atoms with Crippen LogP contribution in [-0.4, -0.2) is 106 Å². The summed E-state index contributed by atoms with van der Waals surface area (Å²) in [6.07, 6.45) is 5.16. The predicted octanol–water partition coefficient (Wildman–Crippen LogP) is 7.42. The zero-order valence-electron chi connectivity index (χ0n) is 36.2. The van der Waals surface area contributed by atoms with Crippen molar-refractivity contribution in [2.45, 2.75) is 88.3 Å². The molecule has 3 N–H and O–H groups in total. The molecule has 1 unspecified atom stereocenters. The summed E-state index contributed by atoms with van der Waals surface area (Å²) in [4.78, 5) is 51.3. The number of anilines is 2. The van der Waals surface area contributed by atoms with Crippen molar-refractivity contribution in [3.05, 3.63) is 71.0 Å². The fraction of sp³-hybridized carbons (Fsp3) is 0.457. The molecule has 1 amide bonds. The molecule has 0 saturated heterocycles. The zero-order valence-corrected chi connectivity index (χ0v) is 37.0. The molecule has 16 nitrogen and oxygen atoms in total. The molecular formula is C46H54N8O8S. The molecule has 0 radical (unpaired) electrons. The minimum atomic E-state index is -0.437. The Labute approximate surface area is 369 Å². The highest BCUT2D eigenvalue weighted by molar-refractivity contribution is 8.00. The molecule has 0 spiro atoms. The lowest BCUT2D eigenvalue weighted by Crippen LogP contribution is -2.29. The third-order valence-corrected chi connectivity index (χ3v) is 12.5. The van der Waals surface area contributed by atoms with Gasteiger partial charge in [0, 0.05) is 59.5 Å². The van der Waals surface area contributed by atoms with E-state index in [9.17, 15) is 14.4 Å². The van der Waals surface area contributed by atoms with E-state index in [1.807, 2.05) is 49.7 Å². The summed E-state index contributed by atoms with van der Waals surface area (Å²) in [6.45, 7) is 9.30. The minimum Gasteiger partial charge on any atom is -0.496 e. The monoisotopic (exact) mass is 878 g/mol. The molecule has 8 rings (SSSR count). The van der Waals surface area contributed by atoms with Crippen molar-refractivity contribution in [1.29, 1.82) is 0 Å². The number of ether oxygens (including phenoxy) is 4. The van der Waals surface area contributed by atoms with Gasteiger partial charge in [-0.25, -0.2) is 14.6 Å². The molecule has 4 aromatic heterocycles. The fourth-order valence-electron chi connectivity index (χ4n) is 7.87. The number of aryl methyl sites for hydroxylation is 4. The van der Waals surface area contributed by atoms with Crippen molar-refractivity contribution in [2.75, 3.05) is 58.6 Å². The van der Waals surface area contributed by atoms with Gasteiger partial charge in [0.25, 0.3) is 5.91 Å². The van der Waals surface area contributed by atoms with Gasteiger partial charge in [0.2, 0.25) is 5.82 Å². The lowest BCUT2D eigenvalue weighted by Gasteiger charge is -2.19. The summed E-state index contributed by atoms with van der Waals surface area (Å²) in [7, 11) is 1.63. The van der Waals surface area contributed by atoms with Crippen molar-refractivity contribution >= 4 is 62.8 Å². The number of benzene rings is 2. The molecule has 0 bridgehead atoms. The number of aromatic nitrogens is 6. The molecule has 2 aliphatic carbocycles. The maximum atomic E-state index is 13.5. The number of carbonyl (C=O) groups is 3.